The van der Waals surface area contributed by atoms with Gasteiger partial charge in [0.1, 0.15) is 0 Å². The van der Waals surface area contributed by atoms with Gasteiger partial charge in [-0.25, -0.2) is 0 Å². The molecule has 0 aromatic carbocycles. The molecule has 4 rings (SSSR count). The number of nitrogens with two attached hydrogens (primary N) is 1. The molecule has 0 radical (unpaired) electrons. The highest BCUT2D eigenvalue weighted by molar-refractivity contribution is 7.20. The van der Waals surface area contributed by atoms with E-state index in [9.17, 15) is 0 Å². The van der Waals surface area contributed by atoms with E-state index in [4.69, 9.17) is 28.9 Å². The van der Waals surface area contributed by atoms with Gasteiger partial charge in [0.15, 0.2) is 0 Å². The molecule has 4 heteroatoms. The van der Waals surface area contributed by atoms with Crippen molar-refractivity contribution in [3.8, 4) is 0 Å². The fourth-order valence-electron chi connectivity index (χ4n) is 4.66. The molecule has 3 saturated carbocycles. The molecule has 3 aliphatic rings. The predicted molar refractivity (Wildman–Crippen MR) is 72.6 cm³/mol. The molecule has 1 aromatic heterocycles. The lowest BCUT2D eigenvalue weighted by Gasteiger charge is -2.15. The normalized spacial score (nSPS) is 43.8. The minimum Gasteiger partial charge on any atom is -0.324 e. The minimum atomic E-state index is 0.115. The summed E-state index contributed by atoms with van der Waals surface area (Å²) in [5, 5.41) is 0. The van der Waals surface area contributed by atoms with E-state index in [-0.39, 0.29) is 6.04 Å². The summed E-state index contributed by atoms with van der Waals surface area (Å²) in [4.78, 5) is 0. The van der Waals surface area contributed by atoms with Gasteiger partial charge in [0.2, 0.25) is 0 Å². The van der Waals surface area contributed by atoms with Gasteiger partial charge in [-0.3, -0.25) is 0 Å². The largest absolute Gasteiger partial charge is 0.324 e. The van der Waals surface area contributed by atoms with Crippen LogP contribution in [0.2, 0.25) is 8.67 Å². The third kappa shape index (κ3) is 1.48. The molecular formula is C13H15Cl2NS. The maximum absolute atomic E-state index is 6.42. The summed E-state index contributed by atoms with van der Waals surface area (Å²) in [7, 11) is 0. The zero-order chi connectivity index (χ0) is 11.7. The second-order valence-electron chi connectivity index (χ2n) is 5.87. The van der Waals surface area contributed by atoms with E-state index < -0.39 is 0 Å². The lowest BCUT2D eigenvalue weighted by Crippen LogP contribution is -2.17. The Morgan fingerprint density at radius 1 is 1.24 bits per heavy atom. The van der Waals surface area contributed by atoms with Crippen LogP contribution in [-0.2, 0) is 0 Å². The molecule has 5 unspecified atom stereocenters. The minimum absolute atomic E-state index is 0.115. The number of hydrogen-bond donors (Lipinski definition) is 1. The van der Waals surface area contributed by atoms with Crippen molar-refractivity contribution < 1.29 is 0 Å². The molecule has 2 bridgehead atoms. The molecule has 2 N–H and O–H groups in total. The number of thiophene rings is 1. The summed E-state index contributed by atoms with van der Waals surface area (Å²) in [6.45, 7) is 0. The van der Waals surface area contributed by atoms with Crippen LogP contribution < -0.4 is 5.73 Å². The van der Waals surface area contributed by atoms with E-state index in [0.717, 1.165) is 37.9 Å². The van der Waals surface area contributed by atoms with Gasteiger partial charge in [0.05, 0.1) is 8.67 Å². The molecule has 0 spiro atoms. The van der Waals surface area contributed by atoms with Crippen LogP contribution >= 0.6 is 34.5 Å². The smallest absolute Gasteiger partial charge is 0.0991 e. The zero-order valence-corrected chi connectivity index (χ0v) is 11.7. The van der Waals surface area contributed by atoms with Crippen LogP contribution in [0.4, 0.5) is 0 Å². The van der Waals surface area contributed by atoms with E-state index in [1.54, 1.807) is 0 Å². The Labute approximate surface area is 115 Å². The van der Waals surface area contributed by atoms with Crippen molar-refractivity contribution in [2.24, 2.45) is 35.3 Å². The summed E-state index contributed by atoms with van der Waals surface area (Å²) in [6, 6.07) is 2.08. The van der Waals surface area contributed by atoms with E-state index in [0.29, 0.717) is 5.92 Å². The fraction of sp³-hybridized carbons (Fsp3) is 0.692. The van der Waals surface area contributed by atoms with E-state index in [2.05, 4.69) is 0 Å². The Morgan fingerprint density at radius 3 is 2.41 bits per heavy atom. The van der Waals surface area contributed by atoms with Crippen LogP contribution in [-0.4, -0.2) is 0 Å². The molecule has 3 fully saturated rings. The van der Waals surface area contributed by atoms with Crippen molar-refractivity contribution in [3.05, 3.63) is 20.3 Å². The monoisotopic (exact) mass is 287 g/mol. The molecule has 1 aromatic rings. The summed E-state index contributed by atoms with van der Waals surface area (Å²) in [6.07, 6.45) is 4.34. The van der Waals surface area contributed by atoms with Gasteiger partial charge >= 0.3 is 0 Å². The number of halogens is 2. The van der Waals surface area contributed by atoms with Crippen LogP contribution in [0.5, 0.6) is 0 Å². The second kappa shape index (κ2) is 3.63. The molecule has 0 aliphatic heterocycles. The molecule has 3 aliphatic carbocycles. The third-order valence-corrected chi connectivity index (χ3v) is 6.77. The van der Waals surface area contributed by atoms with E-state index >= 15 is 0 Å². The Balaban J connectivity index is 1.59. The van der Waals surface area contributed by atoms with Crippen molar-refractivity contribution >= 4 is 34.5 Å². The number of fused-ring (bicyclic) bond motifs is 5. The summed E-state index contributed by atoms with van der Waals surface area (Å²) >= 11 is 13.7. The fourth-order valence-corrected chi connectivity index (χ4v) is 6.23. The lowest BCUT2D eigenvalue weighted by molar-refractivity contribution is 0.418. The molecule has 1 nitrogen and oxygen atoms in total. The molecule has 17 heavy (non-hydrogen) atoms. The van der Waals surface area contributed by atoms with Gasteiger partial charge in [-0.15, -0.1) is 11.3 Å². The summed E-state index contributed by atoms with van der Waals surface area (Å²) < 4.78 is 1.55. The van der Waals surface area contributed by atoms with Crippen molar-refractivity contribution in [1.29, 1.82) is 0 Å². The maximum atomic E-state index is 6.42. The van der Waals surface area contributed by atoms with Gasteiger partial charge in [-0.1, -0.05) is 23.2 Å². The summed E-state index contributed by atoms with van der Waals surface area (Å²) in [5.74, 6) is 4.42. The third-order valence-electron chi connectivity index (χ3n) is 5.25. The van der Waals surface area contributed by atoms with Crippen molar-refractivity contribution in [2.45, 2.75) is 25.3 Å². The van der Waals surface area contributed by atoms with Gasteiger partial charge in [0, 0.05) is 11.6 Å². The first-order valence-electron chi connectivity index (χ1n) is 6.37. The Morgan fingerprint density at radius 2 is 1.88 bits per heavy atom. The quantitative estimate of drug-likeness (QED) is 0.860. The van der Waals surface area contributed by atoms with Crippen molar-refractivity contribution in [1.82, 2.24) is 0 Å². The average Bonchev–Trinajstić information content (AvgIpc) is 2.59. The Bertz CT molecular complexity index is 456. The molecule has 5 atom stereocenters. The first-order chi connectivity index (χ1) is 8.16. The van der Waals surface area contributed by atoms with Crippen molar-refractivity contribution in [2.75, 3.05) is 0 Å². The average molecular weight is 288 g/mol. The standard InChI is InChI=1S/C13H15Cl2NS/c14-8-4-7(13(15)17-8)12(16)11-9-5-1-2-6(3-5)10(9)11/h4-6,9-12H,1-3,16H2. The highest BCUT2D eigenvalue weighted by Gasteiger charge is 2.66. The first kappa shape index (κ1) is 11.1. The van der Waals surface area contributed by atoms with Crippen LogP contribution in [0.25, 0.3) is 0 Å². The molecule has 1 heterocycles. The lowest BCUT2D eigenvalue weighted by atomic mass is 9.95. The highest BCUT2D eigenvalue weighted by Crippen LogP contribution is 2.72. The molecule has 0 amide bonds. The molecule has 92 valence electrons. The topological polar surface area (TPSA) is 26.0 Å². The SMILES string of the molecule is NC(c1cc(Cl)sc1Cl)C1C2C3CCC(C3)C21. The van der Waals surface area contributed by atoms with Gasteiger partial charge < -0.3 is 5.73 Å². The Kier molecular flexibility index (Phi) is 2.37. The second-order valence-corrected chi connectivity index (χ2v) is 8.16. The number of rotatable bonds is 2. The molecular weight excluding hydrogens is 273 g/mol. The maximum Gasteiger partial charge on any atom is 0.0991 e. The van der Waals surface area contributed by atoms with Crippen LogP contribution in [0.3, 0.4) is 0 Å². The predicted octanol–water partition coefficient (Wildman–Crippen LogP) is 4.35. The summed E-state index contributed by atoms with van der Waals surface area (Å²) in [5.41, 5.74) is 7.50. The zero-order valence-electron chi connectivity index (χ0n) is 9.40. The Hall–Kier alpha value is 0.240. The van der Waals surface area contributed by atoms with Gasteiger partial charge in [-0.05, 0) is 54.9 Å². The first-order valence-corrected chi connectivity index (χ1v) is 7.94. The van der Waals surface area contributed by atoms with E-state index in [1.807, 2.05) is 6.07 Å². The van der Waals surface area contributed by atoms with Gasteiger partial charge in [-0.2, -0.15) is 0 Å². The van der Waals surface area contributed by atoms with Crippen molar-refractivity contribution in [3.63, 3.8) is 0 Å². The van der Waals surface area contributed by atoms with Crippen LogP contribution in [0, 0.1) is 29.6 Å². The number of hydrogen-bond acceptors (Lipinski definition) is 2. The van der Waals surface area contributed by atoms with E-state index in [1.165, 1.54) is 30.6 Å². The van der Waals surface area contributed by atoms with Gasteiger partial charge in [0.25, 0.3) is 0 Å². The molecule has 0 saturated heterocycles. The van der Waals surface area contributed by atoms with Crippen LogP contribution in [0.1, 0.15) is 30.9 Å². The highest BCUT2D eigenvalue weighted by atomic mass is 35.5. The van der Waals surface area contributed by atoms with Crippen LogP contribution in [0.15, 0.2) is 6.07 Å².